The van der Waals surface area contributed by atoms with E-state index >= 15 is 0 Å². The number of rotatable bonds is 4. The number of hydrogen-bond acceptors (Lipinski definition) is 3. The number of anilines is 1. The molecule has 1 saturated heterocycles. The molecule has 0 bridgehead atoms. The molecule has 1 aromatic carbocycles. The Bertz CT molecular complexity index is 483. The van der Waals surface area contributed by atoms with Crippen molar-refractivity contribution in [1.29, 1.82) is 0 Å². The Morgan fingerprint density at radius 1 is 1.21 bits per heavy atom. The lowest BCUT2D eigenvalue weighted by atomic mass is 10.2. The van der Waals surface area contributed by atoms with Crippen molar-refractivity contribution < 1.29 is 9.59 Å². The van der Waals surface area contributed by atoms with Crippen molar-refractivity contribution >= 4 is 29.1 Å². The first-order chi connectivity index (χ1) is 9.08. The third-order valence-electron chi connectivity index (χ3n) is 3.46. The van der Waals surface area contributed by atoms with Gasteiger partial charge >= 0.3 is 0 Å². The molecule has 1 fully saturated rings. The summed E-state index contributed by atoms with van der Waals surface area (Å²) in [5, 5.41) is 0.586. The summed E-state index contributed by atoms with van der Waals surface area (Å²) in [7, 11) is 0. The van der Waals surface area contributed by atoms with Crippen molar-refractivity contribution in [2.24, 2.45) is 0 Å². The molecule has 0 spiro atoms. The van der Waals surface area contributed by atoms with Crippen molar-refractivity contribution in [3.8, 4) is 0 Å². The maximum absolute atomic E-state index is 12.4. The number of benzene rings is 1. The second kappa shape index (κ2) is 5.72. The fraction of sp³-hybridized carbons (Fsp3) is 0.429. The van der Waals surface area contributed by atoms with Crippen LogP contribution in [0.4, 0.5) is 5.69 Å². The highest BCUT2D eigenvalue weighted by Crippen LogP contribution is 2.26. The van der Waals surface area contributed by atoms with Crippen LogP contribution in [0.25, 0.3) is 0 Å². The zero-order valence-electron chi connectivity index (χ0n) is 11.1. The Morgan fingerprint density at radius 2 is 1.79 bits per heavy atom. The molecule has 1 aliphatic rings. The average molecular weight is 281 g/mol. The summed E-state index contributed by atoms with van der Waals surface area (Å²) in [5.74, 6) is -0.291. The normalized spacial score (nSPS) is 19.6. The predicted molar refractivity (Wildman–Crippen MR) is 75.3 cm³/mol. The second-order valence-corrected chi connectivity index (χ2v) is 4.92. The molecule has 0 saturated carbocycles. The van der Waals surface area contributed by atoms with Crippen molar-refractivity contribution in [2.45, 2.75) is 26.3 Å². The molecule has 102 valence electrons. The molecule has 1 atom stereocenters. The fourth-order valence-electron chi connectivity index (χ4n) is 2.43. The van der Waals surface area contributed by atoms with E-state index in [0.717, 1.165) is 13.1 Å². The smallest absolute Gasteiger partial charge is 0.251 e. The first-order valence-electron chi connectivity index (χ1n) is 6.44. The van der Waals surface area contributed by atoms with E-state index < -0.39 is 0 Å². The quantitative estimate of drug-likeness (QED) is 0.795. The molecule has 1 aromatic rings. The van der Waals surface area contributed by atoms with Gasteiger partial charge < -0.3 is 0 Å². The molecule has 0 unspecified atom stereocenters. The van der Waals surface area contributed by atoms with Gasteiger partial charge in [0.25, 0.3) is 5.91 Å². The number of likely N-dealkylation sites (N-methyl/N-ethyl adjacent to an activating group) is 1. The van der Waals surface area contributed by atoms with E-state index in [-0.39, 0.29) is 24.3 Å². The van der Waals surface area contributed by atoms with Gasteiger partial charge in [-0.25, -0.2) is 4.90 Å². The van der Waals surface area contributed by atoms with Gasteiger partial charge in [-0.2, -0.15) is 0 Å². The third kappa shape index (κ3) is 2.65. The first kappa shape index (κ1) is 14.0. The van der Waals surface area contributed by atoms with Crippen LogP contribution >= 0.6 is 11.6 Å². The van der Waals surface area contributed by atoms with Crippen LogP contribution in [0, 0.1) is 0 Å². The molecule has 0 aliphatic carbocycles. The first-order valence-corrected chi connectivity index (χ1v) is 6.82. The highest BCUT2D eigenvalue weighted by atomic mass is 35.5. The lowest BCUT2D eigenvalue weighted by molar-refractivity contribution is -0.122. The monoisotopic (exact) mass is 280 g/mol. The van der Waals surface area contributed by atoms with Crippen molar-refractivity contribution in [2.75, 3.05) is 18.0 Å². The fourth-order valence-corrected chi connectivity index (χ4v) is 2.55. The summed E-state index contributed by atoms with van der Waals surface area (Å²) in [6.45, 7) is 5.50. The Morgan fingerprint density at radius 3 is 2.32 bits per heavy atom. The van der Waals surface area contributed by atoms with E-state index in [1.165, 1.54) is 4.90 Å². The Balaban J connectivity index is 2.26. The number of amides is 2. The van der Waals surface area contributed by atoms with E-state index in [2.05, 4.69) is 0 Å². The highest BCUT2D eigenvalue weighted by Gasteiger charge is 2.41. The highest BCUT2D eigenvalue weighted by molar-refractivity contribution is 6.30. The molecule has 5 heteroatoms. The van der Waals surface area contributed by atoms with Crippen molar-refractivity contribution in [1.82, 2.24) is 4.90 Å². The van der Waals surface area contributed by atoms with E-state index in [9.17, 15) is 9.59 Å². The minimum atomic E-state index is -0.335. The van der Waals surface area contributed by atoms with Crippen molar-refractivity contribution in [3.63, 3.8) is 0 Å². The van der Waals surface area contributed by atoms with Gasteiger partial charge in [-0.05, 0) is 37.4 Å². The molecule has 4 nitrogen and oxygen atoms in total. The Kier molecular flexibility index (Phi) is 4.22. The van der Waals surface area contributed by atoms with Gasteiger partial charge in [0.15, 0.2) is 0 Å². The molecular formula is C14H17ClN2O2. The summed E-state index contributed by atoms with van der Waals surface area (Å²) >= 11 is 5.82. The standard InChI is InChI=1S/C14H17ClN2O2/c1-3-16(4-2)12-9-13(18)17(14(12)19)11-7-5-10(15)6-8-11/h5-8,12H,3-4,9H2,1-2H3/t12-/m1/s1. The minimum absolute atomic E-state index is 0.143. The van der Waals surface area contributed by atoms with Crippen LogP contribution in [0.3, 0.4) is 0 Å². The van der Waals surface area contributed by atoms with E-state index in [1.807, 2.05) is 18.7 Å². The number of nitrogens with zero attached hydrogens (tertiary/aromatic N) is 2. The van der Waals surface area contributed by atoms with E-state index in [1.54, 1.807) is 24.3 Å². The lowest BCUT2D eigenvalue weighted by Gasteiger charge is -2.24. The summed E-state index contributed by atoms with van der Waals surface area (Å²) in [6, 6.07) is 6.42. The Labute approximate surface area is 117 Å². The molecule has 1 heterocycles. The lowest BCUT2D eigenvalue weighted by Crippen LogP contribution is -2.41. The number of halogens is 1. The van der Waals surface area contributed by atoms with Gasteiger partial charge in [0.05, 0.1) is 18.2 Å². The summed E-state index contributed by atoms with van der Waals surface area (Å²) in [6.07, 6.45) is 0.253. The van der Waals surface area contributed by atoms with Crippen LogP contribution in [0.5, 0.6) is 0 Å². The van der Waals surface area contributed by atoms with Crippen LogP contribution in [0.1, 0.15) is 20.3 Å². The summed E-state index contributed by atoms with van der Waals surface area (Å²) < 4.78 is 0. The summed E-state index contributed by atoms with van der Waals surface area (Å²) in [5.41, 5.74) is 0.592. The topological polar surface area (TPSA) is 40.6 Å². The third-order valence-corrected chi connectivity index (χ3v) is 3.71. The molecule has 2 amide bonds. The predicted octanol–water partition coefficient (Wildman–Crippen LogP) is 2.31. The number of hydrogen-bond donors (Lipinski definition) is 0. The molecule has 0 N–H and O–H groups in total. The Hall–Kier alpha value is -1.39. The zero-order valence-corrected chi connectivity index (χ0v) is 11.9. The van der Waals surface area contributed by atoms with Gasteiger partial charge in [-0.1, -0.05) is 25.4 Å². The zero-order chi connectivity index (χ0) is 14.0. The van der Waals surface area contributed by atoms with Crippen LogP contribution < -0.4 is 4.90 Å². The average Bonchev–Trinajstić information content (AvgIpc) is 2.68. The number of carbonyl (C=O) groups excluding carboxylic acids is 2. The molecule has 0 aromatic heterocycles. The number of imide groups is 1. The molecule has 1 aliphatic heterocycles. The van der Waals surface area contributed by atoms with Crippen LogP contribution in [0.15, 0.2) is 24.3 Å². The van der Waals surface area contributed by atoms with Crippen molar-refractivity contribution in [3.05, 3.63) is 29.3 Å². The van der Waals surface area contributed by atoms with Gasteiger partial charge in [-0.15, -0.1) is 0 Å². The van der Waals surface area contributed by atoms with E-state index in [0.29, 0.717) is 10.7 Å². The maximum Gasteiger partial charge on any atom is 0.251 e. The second-order valence-electron chi connectivity index (χ2n) is 4.48. The van der Waals surface area contributed by atoms with E-state index in [4.69, 9.17) is 11.6 Å². The van der Waals surface area contributed by atoms with Gasteiger partial charge in [-0.3, -0.25) is 14.5 Å². The van der Waals surface area contributed by atoms with Gasteiger partial charge in [0.1, 0.15) is 0 Å². The van der Waals surface area contributed by atoms with Gasteiger partial charge in [0, 0.05) is 5.02 Å². The maximum atomic E-state index is 12.4. The van der Waals surface area contributed by atoms with Crippen LogP contribution in [-0.2, 0) is 9.59 Å². The molecule has 0 radical (unpaired) electrons. The molecular weight excluding hydrogens is 264 g/mol. The van der Waals surface area contributed by atoms with Crippen LogP contribution in [0.2, 0.25) is 5.02 Å². The number of carbonyl (C=O) groups is 2. The molecule has 19 heavy (non-hydrogen) atoms. The minimum Gasteiger partial charge on any atom is -0.292 e. The SMILES string of the molecule is CCN(CC)[C@@H]1CC(=O)N(c2ccc(Cl)cc2)C1=O. The largest absolute Gasteiger partial charge is 0.292 e. The van der Waals surface area contributed by atoms with Crippen LogP contribution in [-0.4, -0.2) is 35.8 Å². The van der Waals surface area contributed by atoms with Gasteiger partial charge in [0.2, 0.25) is 5.91 Å². The molecule has 2 rings (SSSR count). The summed E-state index contributed by atoms with van der Waals surface area (Å²) in [4.78, 5) is 27.7.